The van der Waals surface area contributed by atoms with Crippen LogP contribution in [0.4, 0.5) is 0 Å². The number of nitrogens with zero attached hydrogens (tertiary/aromatic N) is 8. The topological polar surface area (TPSA) is 179 Å². The summed E-state index contributed by atoms with van der Waals surface area (Å²) in [5.74, 6) is 0.996. The maximum absolute atomic E-state index is 12.9. The van der Waals surface area contributed by atoms with Gasteiger partial charge in [-0.05, 0) is 88.8 Å². The molecule has 0 spiro atoms. The van der Waals surface area contributed by atoms with Crippen LogP contribution in [-0.4, -0.2) is 104 Å². The summed E-state index contributed by atoms with van der Waals surface area (Å²) >= 11 is 3.28. The molecule has 0 amide bonds. The number of ketones is 1. The van der Waals surface area contributed by atoms with Gasteiger partial charge in [0.25, 0.3) is 0 Å². The van der Waals surface area contributed by atoms with Crippen LogP contribution in [0.5, 0.6) is 0 Å². The first-order valence-electron chi connectivity index (χ1n) is 22.8. The number of esters is 2. The van der Waals surface area contributed by atoms with Crippen molar-refractivity contribution in [3.8, 4) is 0 Å². The third-order valence-electron chi connectivity index (χ3n) is 11.3. The first-order valence-corrected chi connectivity index (χ1v) is 31.0. The molecule has 0 aromatic carbocycles. The van der Waals surface area contributed by atoms with Gasteiger partial charge in [-0.1, -0.05) is 57.5 Å². The largest absolute Gasteiger partial charge is 0.464 e. The highest BCUT2D eigenvalue weighted by Gasteiger charge is 2.25. The number of methoxy groups -OCH3 is 2. The molecule has 2 fully saturated rings. The lowest BCUT2D eigenvalue weighted by molar-refractivity contribution is 0.0584. The van der Waals surface area contributed by atoms with Crippen molar-refractivity contribution in [2.24, 2.45) is 0 Å². The Kier molecular flexibility index (Phi) is 17.5. The Hall–Kier alpha value is -5.06. The number of hydrogen-bond acceptors (Lipinski definition) is 12. The molecule has 360 valence electrons. The molecular weight excluding hydrogens is 953 g/mol. The lowest BCUT2D eigenvalue weighted by atomic mass is 10.2. The van der Waals surface area contributed by atoms with Gasteiger partial charge in [0.15, 0.2) is 21.9 Å². The fraction of sp³-hybridized carbons (Fsp3) is 0.479. The van der Waals surface area contributed by atoms with Gasteiger partial charge >= 0.3 is 11.9 Å². The number of hydrogen-bond donors (Lipinski definition) is 1. The average molecular weight is 1020 g/mol. The Morgan fingerprint density at radius 2 is 1.22 bits per heavy atom. The molecule has 19 heteroatoms. The summed E-state index contributed by atoms with van der Waals surface area (Å²) in [7, 11) is 0.403. The van der Waals surface area contributed by atoms with Gasteiger partial charge in [0.2, 0.25) is 0 Å². The standard InChI is InChI=1S/C24H32N4O4Si.C13H14N2O.C11H19BrN2O3Si/c1-31-24(30)20-15-28(16-32-11-12-33(2,3)4)23(26-20)10-8-21(29)19-14-27-13-18(17-5-6-17)7-9-22(27)25-19;1-2-12(16)11-8-15-7-10(9-3-4-9)5-6-13(15)14-11;1-16-10(15)9-7-14(11(12)13-9)8-17-5-6-18(2,3)4/h7,9,13-15,17H,5-6,8,10-12,16H2,1-4H3;2,5-9,12,16H,1,3-4H2;7H,5-6,8H2,1-4H3. The van der Waals surface area contributed by atoms with E-state index in [1.807, 2.05) is 27.1 Å². The van der Waals surface area contributed by atoms with Crippen LogP contribution in [0.25, 0.3) is 11.3 Å². The van der Waals surface area contributed by atoms with Gasteiger partial charge in [0.1, 0.15) is 42.4 Å². The Labute approximate surface area is 402 Å². The fourth-order valence-corrected chi connectivity index (χ4v) is 8.75. The van der Waals surface area contributed by atoms with Gasteiger partial charge < -0.3 is 42.0 Å². The Morgan fingerprint density at radius 1 is 0.716 bits per heavy atom. The van der Waals surface area contributed by atoms with Gasteiger partial charge in [-0.3, -0.25) is 4.79 Å². The molecule has 0 bridgehead atoms. The molecule has 2 aliphatic carbocycles. The number of fused-ring (bicyclic) bond motifs is 2. The first-order chi connectivity index (χ1) is 31.8. The molecular formula is C48H65BrN8O8Si2. The van der Waals surface area contributed by atoms with E-state index in [2.05, 4.69) is 111 Å². The summed E-state index contributed by atoms with van der Waals surface area (Å²) in [5, 5.41) is 9.63. The normalized spacial score (nSPS) is 14.2. The molecule has 1 atom stereocenters. The lowest BCUT2D eigenvalue weighted by Crippen LogP contribution is -2.22. The molecule has 2 aliphatic rings. The summed E-state index contributed by atoms with van der Waals surface area (Å²) in [6.07, 6.45) is 17.6. The van der Waals surface area contributed by atoms with E-state index in [1.54, 1.807) is 27.7 Å². The summed E-state index contributed by atoms with van der Waals surface area (Å²) in [6, 6.07) is 10.4. The smallest absolute Gasteiger partial charge is 0.358 e. The second kappa shape index (κ2) is 22.8. The van der Waals surface area contributed by atoms with E-state index in [0.29, 0.717) is 47.6 Å². The van der Waals surface area contributed by atoms with Gasteiger partial charge in [-0.2, -0.15) is 0 Å². The minimum atomic E-state index is -1.19. The molecule has 2 saturated carbocycles. The SMILES string of the molecule is C=CC(O)c1cn2cc(C3CC3)ccc2n1.COC(=O)c1cn(COCC[Si](C)(C)C)c(Br)n1.COC(=O)c1cn(COCC[Si](C)(C)C)c(CCC(=O)c2cn3cc(C4CC4)ccc3n2)n1. The monoisotopic (exact) mass is 1020 g/mol. The molecule has 6 aromatic rings. The Balaban J connectivity index is 0.000000183. The molecule has 8 rings (SSSR count). The first kappa shape index (κ1) is 51.3. The Bertz CT molecular complexity index is 2650. The van der Waals surface area contributed by atoms with Crippen LogP contribution < -0.4 is 0 Å². The number of halogens is 1. The second-order valence-corrected chi connectivity index (χ2v) is 31.4. The number of rotatable bonds is 20. The third kappa shape index (κ3) is 15.2. The van der Waals surface area contributed by atoms with Crippen molar-refractivity contribution in [1.29, 1.82) is 0 Å². The minimum absolute atomic E-state index is 0.0551. The van der Waals surface area contributed by atoms with Crippen molar-refractivity contribution >= 4 is 61.1 Å². The predicted molar refractivity (Wildman–Crippen MR) is 265 cm³/mol. The van der Waals surface area contributed by atoms with E-state index < -0.39 is 34.2 Å². The van der Waals surface area contributed by atoms with Crippen molar-refractivity contribution in [2.45, 2.75) is 121 Å². The quantitative estimate of drug-likeness (QED) is 0.0252. The van der Waals surface area contributed by atoms with E-state index in [9.17, 15) is 19.5 Å². The summed E-state index contributed by atoms with van der Waals surface area (Å²) in [5.41, 5.74) is 5.90. The van der Waals surface area contributed by atoms with E-state index in [4.69, 9.17) is 14.2 Å². The number of aromatic nitrogens is 8. The highest BCUT2D eigenvalue weighted by atomic mass is 79.9. The van der Waals surface area contributed by atoms with Crippen molar-refractivity contribution in [3.63, 3.8) is 0 Å². The van der Waals surface area contributed by atoms with Gasteiger partial charge in [-0.15, -0.1) is 6.58 Å². The number of carbonyl (C=O) groups excluding carboxylic acids is 3. The Morgan fingerprint density at radius 3 is 1.75 bits per heavy atom. The fourth-order valence-electron chi connectivity index (χ4n) is 6.84. The summed E-state index contributed by atoms with van der Waals surface area (Å²) in [6.45, 7) is 19.4. The van der Waals surface area contributed by atoms with Crippen LogP contribution in [-0.2, 0) is 38.8 Å². The molecule has 6 heterocycles. The highest BCUT2D eigenvalue weighted by molar-refractivity contribution is 9.10. The van der Waals surface area contributed by atoms with Crippen molar-refractivity contribution < 1.29 is 38.4 Å². The van der Waals surface area contributed by atoms with E-state index in [1.165, 1.54) is 57.1 Å². The number of aliphatic hydroxyl groups is 1. The second-order valence-electron chi connectivity index (χ2n) is 19.5. The zero-order valence-electron chi connectivity index (χ0n) is 40.0. The van der Waals surface area contributed by atoms with Gasteiger partial charge in [0.05, 0.1) is 19.9 Å². The minimum Gasteiger partial charge on any atom is -0.464 e. The van der Waals surface area contributed by atoms with Crippen molar-refractivity contribution in [1.82, 2.24) is 37.9 Å². The number of Topliss-reactive ketones (excluding diaryl/α,β-unsaturated/α-hetero) is 1. The van der Waals surface area contributed by atoms with Crippen LogP contribution in [0.2, 0.25) is 51.4 Å². The molecule has 0 saturated heterocycles. The van der Waals surface area contributed by atoms with Crippen LogP contribution in [0.15, 0.2) is 78.8 Å². The number of aryl methyl sites for hydroxylation is 1. The maximum atomic E-state index is 12.9. The lowest BCUT2D eigenvalue weighted by Gasteiger charge is -2.16. The van der Waals surface area contributed by atoms with Crippen LogP contribution >= 0.6 is 15.9 Å². The molecule has 16 nitrogen and oxygen atoms in total. The summed E-state index contributed by atoms with van der Waals surface area (Å²) in [4.78, 5) is 53.4. The molecule has 0 aliphatic heterocycles. The number of aliphatic hydroxyl groups excluding tert-OH is 1. The van der Waals surface area contributed by atoms with Crippen molar-refractivity contribution in [3.05, 3.63) is 119 Å². The molecule has 1 unspecified atom stereocenters. The van der Waals surface area contributed by atoms with Crippen LogP contribution in [0, 0.1) is 0 Å². The maximum Gasteiger partial charge on any atom is 0.358 e. The van der Waals surface area contributed by atoms with E-state index in [0.717, 1.165) is 35.9 Å². The van der Waals surface area contributed by atoms with Crippen molar-refractivity contribution in [2.75, 3.05) is 27.4 Å². The predicted octanol–water partition coefficient (Wildman–Crippen LogP) is 9.50. The summed E-state index contributed by atoms with van der Waals surface area (Å²) < 4.78 is 28.8. The van der Waals surface area contributed by atoms with E-state index in [-0.39, 0.29) is 30.3 Å². The molecule has 6 aromatic heterocycles. The molecule has 1 N–H and O–H groups in total. The van der Waals surface area contributed by atoms with Crippen LogP contribution in [0.1, 0.15) is 104 Å². The number of carbonyl (C=O) groups is 3. The van der Waals surface area contributed by atoms with Crippen LogP contribution in [0.3, 0.4) is 0 Å². The molecule has 67 heavy (non-hydrogen) atoms. The zero-order valence-corrected chi connectivity index (χ0v) is 43.6. The zero-order chi connectivity index (χ0) is 48.5. The number of imidazole rings is 4. The number of ether oxygens (including phenoxy) is 4. The molecule has 0 radical (unpaired) electrons. The van der Waals surface area contributed by atoms with Gasteiger partial charge in [-0.25, -0.2) is 29.5 Å². The number of pyridine rings is 2. The van der Waals surface area contributed by atoms with Gasteiger partial charge in [0, 0.05) is 79.4 Å². The highest BCUT2D eigenvalue weighted by Crippen LogP contribution is 2.40. The van der Waals surface area contributed by atoms with E-state index >= 15 is 0 Å². The third-order valence-corrected chi connectivity index (χ3v) is 15.3. The average Bonchev–Trinajstić information content (AvgIpc) is 4.16.